The zero-order chi connectivity index (χ0) is 26.2. The number of H-pyrrole nitrogens is 1. The number of esters is 1. The van der Waals surface area contributed by atoms with Gasteiger partial charge in [0.1, 0.15) is 5.75 Å². The van der Waals surface area contributed by atoms with Crippen molar-refractivity contribution in [1.82, 2.24) is 10.3 Å². The minimum absolute atomic E-state index is 0.0752. The van der Waals surface area contributed by atoms with Crippen molar-refractivity contribution in [3.63, 3.8) is 0 Å². The Morgan fingerprint density at radius 3 is 2.42 bits per heavy atom. The molecule has 2 aromatic carbocycles. The Morgan fingerprint density at radius 2 is 1.78 bits per heavy atom. The van der Waals surface area contributed by atoms with Crippen LogP contribution < -0.4 is 10.1 Å². The second-order valence-corrected chi connectivity index (χ2v) is 9.76. The van der Waals surface area contributed by atoms with Gasteiger partial charge in [-0.3, -0.25) is 4.79 Å². The molecule has 1 heterocycles. The van der Waals surface area contributed by atoms with Gasteiger partial charge in [0, 0.05) is 41.0 Å². The molecule has 1 aromatic heterocycles. The molecule has 0 spiro atoms. The van der Waals surface area contributed by atoms with Crippen molar-refractivity contribution in [3.8, 4) is 5.75 Å². The first kappa shape index (κ1) is 27.3. The maximum absolute atomic E-state index is 12.8. The molecule has 0 saturated heterocycles. The molecule has 0 bridgehead atoms. The van der Waals surface area contributed by atoms with Gasteiger partial charge in [-0.2, -0.15) is 0 Å². The summed E-state index contributed by atoms with van der Waals surface area (Å²) >= 11 is 0. The molecule has 2 unspecified atom stereocenters. The van der Waals surface area contributed by atoms with Crippen LogP contribution in [0.1, 0.15) is 79.9 Å². The van der Waals surface area contributed by atoms with Crippen LogP contribution in [0.2, 0.25) is 0 Å². The Bertz CT molecular complexity index is 1180. The average molecular weight is 493 g/mol. The van der Waals surface area contributed by atoms with Gasteiger partial charge in [0.05, 0.1) is 19.8 Å². The van der Waals surface area contributed by atoms with E-state index in [-0.39, 0.29) is 29.6 Å². The van der Waals surface area contributed by atoms with Gasteiger partial charge in [-0.25, -0.2) is 4.79 Å². The van der Waals surface area contributed by atoms with Crippen LogP contribution in [0.5, 0.6) is 5.75 Å². The van der Waals surface area contributed by atoms with Crippen molar-refractivity contribution in [2.24, 2.45) is 11.8 Å². The number of fused-ring (bicyclic) bond motifs is 1. The van der Waals surface area contributed by atoms with Crippen LogP contribution in [-0.2, 0) is 16.0 Å². The van der Waals surface area contributed by atoms with E-state index in [4.69, 9.17) is 9.47 Å². The van der Waals surface area contributed by atoms with Crippen LogP contribution in [0.4, 0.5) is 0 Å². The summed E-state index contributed by atoms with van der Waals surface area (Å²) in [5.41, 5.74) is 4.91. The number of benzene rings is 2. The van der Waals surface area contributed by atoms with Gasteiger partial charge in [-0.05, 0) is 60.6 Å². The van der Waals surface area contributed by atoms with Gasteiger partial charge in [-0.15, -0.1) is 0 Å². The zero-order valence-corrected chi connectivity index (χ0v) is 22.4. The van der Waals surface area contributed by atoms with Gasteiger partial charge in [0.2, 0.25) is 5.91 Å². The van der Waals surface area contributed by atoms with Crippen LogP contribution in [0.15, 0.2) is 42.6 Å². The summed E-state index contributed by atoms with van der Waals surface area (Å²) in [7, 11) is 3.01. The number of aromatic nitrogens is 1. The van der Waals surface area contributed by atoms with Crippen molar-refractivity contribution in [2.75, 3.05) is 20.8 Å². The number of carbonyl (C=O) groups is 2. The lowest BCUT2D eigenvalue weighted by atomic mass is 9.85. The largest absolute Gasteiger partial charge is 0.496 e. The van der Waals surface area contributed by atoms with E-state index in [9.17, 15) is 9.59 Å². The van der Waals surface area contributed by atoms with E-state index in [1.165, 1.54) is 12.7 Å². The Balaban J connectivity index is 2.01. The predicted octanol–water partition coefficient (Wildman–Crippen LogP) is 6.24. The molecule has 1 amide bonds. The van der Waals surface area contributed by atoms with E-state index in [0.29, 0.717) is 24.3 Å². The lowest BCUT2D eigenvalue weighted by molar-refractivity contribution is -0.126. The fourth-order valence-electron chi connectivity index (χ4n) is 4.88. The number of aromatic amines is 1. The molecule has 0 aliphatic heterocycles. The highest BCUT2D eigenvalue weighted by Crippen LogP contribution is 2.39. The maximum atomic E-state index is 12.8. The lowest BCUT2D eigenvalue weighted by Crippen LogP contribution is -2.35. The highest BCUT2D eigenvalue weighted by molar-refractivity contribution is 5.90. The van der Waals surface area contributed by atoms with Crippen LogP contribution in [0, 0.1) is 11.8 Å². The zero-order valence-electron chi connectivity index (χ0n) is 22.4. The maximum Gasteiger partial charge on any atom is 0.337 e. The second kappa shape index (κ2) is 12.6. The molecule has 2 atom stereocenters. The third-order valence-corrected chi connectivity index (χ3v) is 6.91. The number of methoxy groups -OCH3 is 2. The Labute approximate surface area is 214 Å². The molecule has 0 aliphatic rings. The monoisotopic (exact) mass is 492 g/mol. The third kappa shape index (κ3) is 6.10. The van der Waals surface area contributed by atoms with Crippen molar-refractivity contribution in [2.45, 2.75) is 59.3 Å². The summed E-state index contributed by atoms with van der Waals surface area (Å²) in [4.78, 5) is 28.3. The SMILES string of the molecule is CCCNC(=O)C(Cc1ccc2[nH]cc(C(CCC)c3ccc(C(=O)OC)cc3OC)c2c1)C(C)C. The summed E-state index contributed by atoms with van der Waals surface area (Å²) in [5, 5.41) is 4.23. The average Bonchev–Trinajstić information content (AvgIpc) is 3.30. The molecule has 36 heavy (non-hydrogen) atoms. The third-order valence-electron chi connectivity index (χ3n) is 6.91. The van der Waals surface area contributed by atoms with Gasteiger partial charge in [0.25, 0.3) is 0 Å². The topological polar surface area (TPSA) is 80.4 Å². The highest BCUT2D eigenvalue weighted by Gasteiger charge is 2.25. The Kier molecular flexibility index (Phi) is 9.57. The number of amides is 1. The minimum Gasteiger partial charge on any atom is -0.496 e. The molecule has 0 radical (unpaired) electrons. The van der Waals surface area contributed by atoms with E-state index >= 15 is 0 Å². The molecule has 194 valence electrons. The normalized spacial score (nSPS) is 13.0. The van der Waals surface area contributed by atoms with E-state index in [0.717, 1.165) is 41.3 Å². The van der Waals surface area contributed by atoms with Gasteiger partial charge in [0.15, 0.2) is 0 Å². The van der Waals surface area contributed by atoms with Crippen LogP contribution in [0.25, 0.3) is 10.9 Å². The Morgan fingerprint density at radius 1 is 1.00 bits per heavy atom. The number of hydrogen-bond donors (Lipinski definition) is 2. The van der Waals surface area contributed by atoms with Gasteiger partial charge in [-0.1, -0.05) is 46.2 Å². The first-order valence-electron chi connectivity index (χ1n) is 13.0. The van der Waals surface area contributed by atoms with Gasteiger partial charge < -0.3 is 19.8 Å². The lowest BCUT2D eigenvalue weighted by Gasteiger charge is -2.21. The Hall–Kier alpha value is -3.28. The first-order valence-corrected chi connectivity index (χ1v) is 13.0. The molecule has 0 aliphatic carbocycles. The van der Waals surface area contributed by atoms with E-state index in [1.54, 1.807) is 19.2 Å². The predicted molar refractivity (Wildman–Crippen MR) is 145 cm³/mol. The number of hydrogen-bond acceptors (Lipinski definition) is 4. The van der Waals surface area contributed by atoms with E-state index in [1.807, 2.05) is 6.07 Å². The van der Waals surface area contributed by atoms with Crippen LogP contribution >= 0.6 is 0 Å². The van der Waals surface area contributed by atoms with Crippen LogP contribution in [-0.4, -0.2) is 37.6 Å². The molecule has 6 heteroatoms. The van der Waals surface area contributed by atoms with Crippen molar-refractivity contribution < 1.29 is 19.1 Å². The fraction of sp³-hybridized carbons (Fsp3) is 0.467. The number of carbonyl (C=O) groups excluding carboxylic acids is 2. The molecule has 6 nitrogen and oxygen atoms in total. The second-order valence-electron chi connectivity index (χ2n) is 9.76. The standard InChI is InChI=1S/C30H40N2O4/c1-7-9-22(23-12-11-21(30(34)36-6)17-28(23)35-5)26-18-32-27-13-10-20(16-25(26)27)15-24(19(3)4)29(33)31-14-8-2/h10-13,16-19,22,24,32H,7-9,14-15H2,1-6H3,(H,31,33). The molecular formula is C30H40N2O4. The smallest absolute Gasteiger partial charge is 0.337 e. The molecule has 3 rings (SSSR count). The highest BCUT2D eigenvalue weighted by atomic mass is 16.5. The number of rotatable bonds is 12. The minimum atomic E-state index is -0.383. The van der Waals surface area contributed by atoms with Gasteiger partial charge >= 0.3 is 5.97 Å². The van der Waals surface area contributed by atoms with Crippen molar-refractivity contribution >= 4 is 22.8 Å². The van der Waals surface area contributed by atoms with Crippen LogP contribution in [0.3, 0.4) is 0 Å². The molecule has 2 N–H and O–H groups in total. The first-order chi connectivity index (χ1) is 17.3. The summed E-state index contributed by atoms with van der Waals surface area (Å²) in [6.07, 6.45) is 5.63. The molecule has 3 aromatic rings. The fourth-order valence-corrected chi connectivity index (χ4v) is 4.88. The summed E-state index contributed by atoms with van der Waals surface area (Å²) < 4.78 is 10.6. The molecule has 0 fully saturated rings. The van der Waals surface area contributed by atoms with E-state index in [2.05, 4.69) is 62.4 Å². The summed E-state index contributed by atoms with van der Waals surface area (Å²) in [5.74, 6) is 0.679. The van der Waals surface area contributed by atoms with E-state index < -0.39 is 0 Å². The number of ether oxygens (including phenoxy) is 2. The van der Waals surface area contributed by atoms with Crippen molar-refractivity contribution in [3.05, 3.63) is 64.8 Å². The molecular weight excluding hydrogens is 452 g/mol. The number of nitrogens with one attached hydrogen (secondary N) is 2. The molecule has 0 saturated carbocycles. The quantitative estimate of drug-likeness (QED) is 0.294. The van der Waals surface area contributed by atoms with Crippen molar-refractivity contribution in [1.29, 1.82) is 0 Å². The summed E-state index contributed by atoms with van der Waals surface area (Å²) in [6, 6.07) is 12.0. The summed E-state index contributed by atoms with van der Waals surface area (Å²) in [6.45, 7) is 9.16.